The van der Waals surface area contributed by atoms with Crippen LogP contribution < -0.4 is 9.64 Å². The summed E-state index contributed by atoms with van der Waals surface area (Å²) in [4.78, 5) is 4.76. The molecule has 0 radical (unpaired) electrons. The molecule has 0 saturated carbocycles. The number of fused-ring (bicyclic) bond motifs is 2. The molecule has 0 aliphatic carbocycles. The molecule has 5 rings (SSSR count). The number of unbranched alkanes of at least 4 members (excludes halogenated alkanes) is 1. The number of hydrogen-bond acceptors (Lipinski definition) is 6. The topological polar surface area (TPSA) is 66.8 Å². The zero-order chi connectivity index (χ0) is 29.0. The highest BCUT2D eigenvalue weighted by molar-refractivity contribution is 8.03. The zero-order valence-corrected chi connectivity index (χ0v) is 26.0. The van der Waals surface area contributed by atoms with Gasteiger partial charge in [-0.2, -0.15) is 8.42 Å². The summed E-state index contributed by atoms with van der Waals surface area (Å²) >= 11 is 3.57. The molecule has 0 fully saturated rings. The molecule has 4 aromatic rings. The van der Waals surface area contributed by atoms with Crippen LogP contribution in [0.15, 0.2) is 88.3 Å². The zero-order valence-electron chi connectivity index (χ0n) is 23.6. The first-order chi connectivity index (χ1) is 19.8. The monoisotopic (exact) mass is 605 g/mol. The average Bonchev–Trinajstić information content (AvgIpc) is 3.50. The van der Waals surface area contributed by atoms with Gasteiger partial charge >= 0.3 is 0 Å². The van der Waals surface area contributed by atoms with E-state index in [1.807, 2.05) is 35.6 Å². The number of benzene rings is 3. The van der Waals surface area contributed by atoms with Gasteiger partial charge in [0.15, 0.2) is 0 Å². The Morgan fingerprint density at radius 1 is 1.00 bits per heavy atom. The number of aryl methyl sites for hydroxylation is 1. The number of allylic oxidation sites excluding steroid dienone is 2. The van der Waals surface area contributed by atoms with E-state index in [4.69, 9.17) is 4.74 Å². The third-order valence-corrected chi connectivity index (χ3v) is 10.4. The van der Waals surface area contributed by atoms with Crippen molar-refractivity contribution < 1.29 is 17.7 Å². The SMILES string of the molecule is CCC(/C=C1\Sc2ccc(-c3ccccc3)cc2N1CCCCS(=O)(=O)O)=C\c1sc2ccc(OC)cc2c1CC. The number of hydrogen-bond donors (Lipinski definition) is 1. The van der Waals surface area contributed by atoms with Crippen molar-refractivity contribution in [3.63, 3.8) is 0 Å². The van der Waals surface area contributed by atoms with Gasteiger partial charge in [-0.1, -0.05) is 62.0 Å². The molecule has 8 heteroatoms. The van der Waals surface area contributed by atoms with Crippen LogP contribution in [-0.2, 0) is 16.5 Å². The summed E-state index contributed by atoms with van der Waals surface area (Å²) in [6.45, 7) is 5.05. The number of anilines is 1. The lowest BCUT2D eigenvalue weighted by atomic mass is 10.0. The summed E-state index contributed by atoms with van der Waals surface area (Å²) in [5.74, 6) is 0.651. The molecular formula is C33H35NO4S3. The molecular weight excluding hydrogens is 571 g/mol. The molecule has 0 atom stereocenters. The van der Waals surface area contributed by atoms with Crippen LogP contribution in [0.3, 0.4) is 0 Å². The largest absolute Gasteiger partial charge is 0.497 e. The van der Waals surface area contributed by atoms with Gasteiger partial charge in [0.05, 0.1) is 23.6 Å². The fraction of sp³-hybridized carbons (Fsp3) is 0.273. The smallest absolute Gasteiger partial charge is 0.264 e. The molecule has 3 aromatic carbocycles. The standard InChI is InChI=1S/C33H35NO4S3/c1-4-23(19-32-27(5-2)28-22-26(38-3)14-16-30(28)39-32)20-33-34(17-9-10-18-41(35,36)37)29-21-25(13-15-31(29)40-33)24-11-7-6-8-12-24/h6-8,11-16,19-22H,4-5,9-10,17-18H2,1-3H3,(H,35,36,37)/b23-19+,33-20-. The van der Waals surface area contributed by atoms with Gasteiger partial charge < -0.3 is 9.64 Å². The summed E-state index contributed by atoms with van der Waals surface area (Å²) in [5, 5.41) is 2.38. The second-order valence-electron chi connectivity index (χ2n) is 10.0. The summed E-state index contributed by atoms with van der Waals surface area (Å²) in [7, 11) is -2.27. The third-order valence-electron chi connectivity index (χ3n) is 7.29. The van der Waals surface area contributed by atoms with Crippen LogP contribution >= 0.6 is 23.1 Å². The molecule has 1 aliphatic heterocycles. The predicted octanol–water partition coefficient (Wildman–Crippen LogP) is 9.05. The van der Waals surface area contributed by atoms with Crippen LogP contribution in [0.5, 0.6) is 5.75 Å². The normalized spacial score (nSPS) is 14.7. The van der Waals surface area contributed by atoms with Crippen molar-refractivity contribution in [1.82, 2.24) is 0 Å². The van der Waals surface area contributed by atoms with Crippen LogP contribution in [0.2, 0.25) is 0 Å². The van der Waals surface area contributed by atoms with Crippen LogP contribution in [0.25, 0.3) is 27.3 Å². The van der Waals surface area contributed by atoms with Gasteiger partial charge in [-0.3, -0.25) is 4.55 Å². The van der Waals surface area contributed by atoms with E-state index in [1.165, 1.54) is 31.0 Å². The summed E-state index contributed by atoms with van der Waals surface area (Å²) in [6.07, 6.45) is 7.47. The van der Waals surface area contributed by atoms with Crippen molar-refractivity contribution in [2.24, 2.45) is 0 Å². The number of ether oxygens (including phenoxy) is 1. The lowest BCUT2D eigenvalue weighted by molar-refractivity contribution is 0.415. The molecule has 1 N–H and O–H groups in total. The highest BCUT2D eigenvalue weighted by Crippen LogP contribution is 2.48. The molecule has 5 nitrogen and oxygen atoms in total. The molecule has 214 valence electrons. The summed E-state index contributed by atoms with van der Waals surface area (Å²) < 4.78 is 38.6. The number of rotatable bonds is 11. The van der Waals surface area contributed by atoms with Crippen molar-refractivity contribution in [3.05, 3.63) is 93.8 Å². The fourth-order valence-corrected chi connectivity index (χ4v) is 8.10. The molecule has 0 amide bonds. The maximum Gasteiger partial charge on any atom is 0.264 e. The molecule has 0 spiro atoms. The van der Waals surface area contributed by atoms with Crippen molar-refractivity contribution in [2.75, 3.05) is 24.3 Å². The Kier molecular flexibility index (Phi) is 9.24. The molecule has 1 aromatic heterocycles. The van der Waals surface area contributed by atoms with Crippen molar-refractivity contribution in [1.29, 1.82) is 0 Å². The Morgan fingerprint density at radius 2 is 1.80 bits per heavy atom. The van der Waals surface area contributed by atoms with Crippen LogP contribution in [0, 0.1) is 0 Å². The van der Waals surface area contributed by atoms with E-state index in [-0.39, 0.29) is 5.75 Å². The van der Waals surface area contributed by atoms with E-state index in [0.29, 0.717) is 19.4 Å². The minimum atomic E-state index is -3.97. The number of thiophene rings is 1. The minimum absolute atomic E-state index is 0.222. The van der Waals surface area contributed by atoms with Crippen LogP contribution in [-0.4, -0.2) is 32.4 Å². The maximum atomic E-state index is 11.3. The van der Waals surface area contributed by atoms with Crippen molar-refractivity contribution >= 4 is 55.1 Å². The molecule has 0 unspecified atom stereocenters. The Hall–Kier alpha value is -3.04. The highest BCUT2D eigenvalue weighted by atomic mass is 32.2. The average molecular weight is 606 g/mol. The Morgan fingerprint density at radius 3 is 2.51 bits per heavy atom. The van der Waals surface area contributed by atoms with E-state index < -0.39 is 10.1 Å². The molecule has 41 heavy (non-hydrogen) atoms. The van der Waals surface area contributed by atoms with Crippen molar-refractivity contribution in [2.45, 2.75) is 44.4 Å². The Labute approximate surface area is 251 Å². The highest BCUT2D eigenvalue weighted by Gasteiger charge is 2.26. The van der Waals surface area contributed by atoms with Gasteiger partial charge in [-0.25, -0.2) is 0 Å². The van der Waals surface area contributed by atoms with Gasteiger partial charge in [0.25, 0.3) is 10.1 Å². The van der Waals surface area contributed by atoms with E-state index >= 15 is 0 Å². The molecule has 0 bridgehead atoms. The van der Waals surface area contributed by atoms with E-state index in [0.717, 1.165) is 40.4 Å². The first kappa shape index (κ1) is 29.5. The second kappa shape index (κ2) is 12.9. The quantitative estimate of drug-likeness (QED) is 0.136. The summed E-state index contributed by atoms with van der Waals surface area (Å²) in [6, 6.07) is 23.2. The van der Waals surface area contributed by atoms with E-state index in [1.54, 1.807) is 18.9 Å². The number of thioether (sulfide) groups is 1. The Balaban J connectivity index is 1.50. The molecule has 1 aliphatic rings. The van der Waals surface area contributed by atoms with Crippen LogP contribution in [0.1, 0.15) is 43.6 Å². The van der Waals surface area contributed by atoms with Gasteiger partial charge in [-0.15, -0.1) is 11.3 Å². The fourth-order valence-electron chi connectivity index (χ4n) is 5.13. The van der Waals surface area contributed by atoms with Gasteiger partial charge in [0, 0.05) is 21.0 Å². The van der Waals surface area contributed by atoms with Gasteiger partial charge in [-0.05, 0) is 95.8 Å². The summed E-state index contributed by atoms with van der Waals surface area (Å²) in [5.41, 5.74) is 6.01. The first-order valence-electron chi connectivity index (χ1n) is 13.9. The molecule has 0 saturated heterocycles. The maximum absolute atomic E-state index is 11.3. The van der Waals surface area contributed by atoms with Crippen LogP contribution in [0.4, 0.5) is 5.69 Å². The lowest BCUT2D eigenvalue weighted by Crippen LogP contribution is -2.20. The third kappa shape index (κ3) is 6.89. The number of nitrogens with zero attached hydrogens (tertiary/aromatic N) is 1. The second-order valence-corrected chi connectivity index (χ2v) is 13.7. The van der Waals surface area contributed by atoms with Gasteiger partial charge in [0.2, 0.25) is 0 Å². The molecule has 2 heterocycles. The van der Waals surface area contributed by atoms with Gasteiger partial charge in [0.1, 0.15) is 5.75 Å². The number of methoxy groups -OCH3 is 1. The predicted molar refractivity (Wildman–Crippen MR) is 175 cm³/mol. The lowest BCUT2D eigenvalue weighted by Gasteiger charge is -2.21. The van der Waals surface area contributed by atoms with E-state index in [9.17, 15) is 13.0 Å². The Bertz CT molecular complexity index is 1710. The van der Waals surface area contributed by atoms with Crippen molar-refractivity contribution in [3.8, 4) is 16.9 Å². The van der Waals surface area contributed by atoms with E-state index in [2.05, 4.69) is 73.4 Å². The minimum Gasteiger partial charge on any atom is -0.497 e. The first-order valence-corrected chi connectivity index (χ1v) is 17.2.